The molecule has 0 aliphatic rings. The molecule has 0 saturated heterocycles. The molecule has 0 bridgehead atoms. The van der Waals surface area contributed by atoms with Crippen molar-refractivity contribution in [3.63, 3.8) is 0 Å². The van der Waals surface area contributed by atoms with E-state index in [0.29, 0.717) is 0 Å². The molecule has 4 nitrogen and oxygen atoms in total. The molecule has 0 amide bonds. The zero-order valence-electron chi connectivity index (χ0n) is 11.4. The molecule has 20 heavy (non-hydrogen) atoms. The summed E-state index contributed by atoms with van der Waals surface area (Å²) in [5.41, 5.74) is 0.951. The zero-order valence-corrected chi connectivity index (χ0v) is 14.5. The number of hydrogen-bond acceptors (Lipinski definition) is 4. The van der Waals surface area contributed by atoms with Gasteiger partial charge in [-0.15, -0.1) is 0 Å². The van der Waals surface area contributed by atoms with Gasteiger partial charge in [0.25, 0.3) is 0 Å². The van der Waals surface area contributed by atoms with E-state index in [0.717, 1.165) is 45.1 Å². The highest BCUT2D eigenvalue weighted by Crippen LogP contribution is 2.32. The molecule has 0 aliphatic heterocycles. The summed E-state index contributed by atoms with van der Waals surface area (Å²) in [6, 6.07) is 7.85. The first kappa shape index (κ1) is 15.3. The monoisotopic (exact) mass is 398 g/mol. The van der Waals surface area contributed by atoms with Crippen molar-refractivity contribution in [3.05, 3.63) is 39.0 Å². The molecule has 0 fully saturated rings. The lowest BCUT2D eigenvalue weighted by molar-refractivity contribution is 0.955. The molecule has 2 N–H and O–H groups in total. The summed E-state index contributed by atoms with van der Waals surface area (Å²) in [5, 5.41) is 6.59. The predicted octanol–water partition coefficient (Wildman–Crippen LogP) is 4.88. The van der Waals surface area contributed by atoms with Gasteiger partial charge in [-0.1, -0.05) is 13.0 Å². The van der Waals surface area contributed by atoms with Crippen molar-refractivity contribution in [2.75, 3.05) is 17.2 Å². The quantitative estimate of drug-likeness (QED) is 0.752. The lowest BCUT2D eigenvalue weighted by Gasteiger charge is -2.12. The van der Waals surface area contributed by atoms with Crippen LogP contribution in [0.5, 0.6) is 0 Å². The summed E-state index contributed by atoms with van der Waals surface area (Å²) in [6.07, 6.45) is 1.06. The van der Waals surface area contributed by atoms with Crippen molar-refractivity contribution >= 4 is 49.2 Å². The van der Waals surface area contributed by atoms with Crippen molar-refractivity contribution < 1.29 is 0 Å². The molecule has 0 radical (unpaired) electrons. The molecule has 0 saturated carbocycles. The van der Waals surface area contributed by atoms with Gasteiger partial charge in [0.15, 0.2) is 0 Å². The highest BCUT2D eigenvalue weighted by atomic mass is 79.9. The lowest BCUT2D eigenvalue weighted by Crippen LogP contribution is -2.05. The van der Waals surface area contributed by atoms with Crippen LogP contribution in [-0.2, 0) is 0 Å². The average Bonchev–Trinajstić information content (AvgIpc) is 2.40. The van der Waals surface area contributed by atoms with E-state index >= 15 is 0 Å². The maximum atomic E-state index is 4.42. The molecule has 1 heterocycles. The summed E-state index contributed by atoms with van der Waals surface area (Å²) in [5.74, 6) is 2.34. The van der Waals surface area contributed by atoms with Crippen molar-refractivity contribution in [3.8, 4) is 0 Å². The number of anilines is 3. The standard InChI is InChI=1S/C14H16Br2N4/c1-3-7-17-12-8-13(19-9(2)18-12)20-14-10(15)5-4-6-11(14)16/h4-6,8H,3,7H2,1-2H3,(H2,17,18,19,20). The molecule has 0 aliphatic carbocycles. The predicted molar refractivity (Wildman–Crippen MR) is 90.7 cm³/mol. The van der Waals surface area contributed by atoms with Crippen LogP contribution in [0.1, 0.15) is 19.2 Å². The van der Waals surface area contributed by atoms with Crippen LogP contribution in [0.25, 0.3) is 0 Å². The molecule has 2 rings (SSSR count). The number of para-hydroxylation sites is 1. The van der Waals surface area contributed by atoms with Crippen LogP contribution in [0.4, 0.5) is 17.3 Å². The molecule has 0 atom stereocenters. The number of benzene rings is 1. The zero-order chi connectivity index (χ0) is 14.5. The van der Waals surface area contributed by atoms with E-state index in [2.05, 4.69) is 59.4 Å². The SMILES string of the molecule is CCCNc1cc(Nc2c(Br)cccc2Br)nc(C)n1. The summed E-state index contributed by atoms with van der Waals surface area (Å²) in [7, 11) is 0. The van der Waals surface area contributed by atoms with E-state index in [1.807, 2.05) is 31.2 Å². The van der Waals surface area contributed by atoms with E-state index in [-0.39, 0.29) is 0 Å². The third-order valence-corrected chi connectivity index (χ3v) is 3.93. The topological polar surface area (TPSA) is 49.8 Å². The molecule has 0 unspecified atom stereocenters. The number of aromatic nitrogens is 2. The Hall–Kier alpha value is -1.14. The minimum absolute atomic E-state index is 0.733. The van der Waals surface area contributed by atoms with Gasteiger partial charge in [0.2, 0.25) is 0 Å². The van der Waals surface area contributed by atoms with E-state index in [9.17, 15) is 0 Å². The van der Waals surface area contributed by atoms with E-state index in [1.54, 1.807) is 0 Å². The second-order valence-electron chi connectivity index (χ2n) is 4.33. The Morgan fingerprint density at radius 2 is 1.75 bits per heavy atom. The number of halogens is 2. The molecule has 0 spiro atoms. The van der Waals surface area contributed by atoms with Gasteiger partial charge >= 0.3 is 0 Å². The highest BCUT2D eigenvalue weighted by Gasteiger charge is 2.07. The fourth-order valence-corrected chi connectivity index (χ4v) is 2.92. The lowest BCUT2D eigenvalue weighted by atomic mass is 10.3. The Balaban J connectivity index is 2.27. The fraction of sp³-hybridized carbons (Fsp3) is 0.286. The van der Waals surface area contributed by atoms with Crippen molar-refractivity contribution in [1.82, 2.24) is 9.97 Å². The third kappa shape index (κ3) is 3.93. The van der Waals surface area contributed by atoms with Gasteiger partial charge in [0.1, 0.15) is 17.5 Å². The third-order valence-electron chi connectivity index (χ3n) is 2.61. The Labute approximate surface area is 135 Å². The van der Waals surface area contributed by atoms with E-state index < -0.39 is 0 Å². The molecular weight excluding hydrogens is 384 g/mol. The van der Waals surface area contributed by atoms with Crippen LogP contribution in [0.2, 0.25) is 0 Å². The minimum Gasteiger partial charge on any atom is -0.370 e. The first-order chi connectivity index (χ1) is 9.60. The normalized spacial score (nSPS) is 10.4. The van der Waals surface area contributed by atoms with Gasteiger partial charge in [-0.05, 0) is 57.3 Å². The Morgan fingerprint density at radius 1 is 1.10 bits per heavy atom. The maximum Gasteiger partial charge on any atom is 0.136 e. The second-order valence-corrected chi connectivity index (χ2v) is 6.04. The van der Waals surface area contributed by atoms with Gasteiger partial charge in [-0.25, -0.2) is 9.97 Å². The number of nitrogens with zero attached hydrogens (tertiary/aromatic N) is 2. The molecule has 2 aromatic rings. The van der Waals surface area contributed by atoms with Gasteiger partial charge in [-0.3, -0.25) is 0 Å². The smallest absolute Gasteiger partial charge is 0.136 e. The Kier molecular flexibility index (Phi) is 5.37. The number of nitrogens with one attached hydrogen (secondary N) is 2. The van der Waals surface area contributed by atoms with E-state index in [1.165, 1.54) is 0 Å². The summed E-state index contributed by atoms with van der Waals surface area (Å²) in [4.78, 5) is 8.79. The molecular formula is C14H16Br2N4. The Morgan fingerprint density at radius 3 is 2.40 bits per heavy atom. The van der Waals surface area contributed by atoms with Crippen LogP contribution in [0.3, 0.4) is 0 Å². The van der Waals surface area contributed by atoms with Gasteiger partial charge in [0, 0.05) is 21.6 Å². The summed E-state index contributed by atoms with van der Waals surface area (Å²) in [6.45, 7) is 4.91. The van der Waals surface area contributed by atoms with E-state index in [4.69, 9.17) is 0 Å². The largest absolute Gasteiger partial charge is 0.370 e. The number of aryl methyl sites for hydroxylation is 1. The molecule has 1 aromatic carbocycles. The van der Waals surface area contributed by atoms with Gasteiger partial charge in [-0.2, -0.15) is 0 Å². The van der Waals surface area contributed by atoms with Crippen molar-refractivity contribution in [1.29, 1.82) is 0 Å². The van der Waals surface area contributed by atoms with Gasteiger partial charge in [0.05, 0.1) is 5.69 Å². The first-order valence-electron chi connectivity index (χ1n) is 6.40. The van der Waals surface area contributed by atoms with Crippen molar-refractivity contribution in [2.45, 2.75) is 20.3 Å². The first-order valence-corrected chi connectivity index (χ1v) is 7.99. The fourth-order valence-electron chi connectivity index (χ4n) is 1.72. The molecule has 1 aromatic heterocycles. The van der Waals surface area contributed by atoms with Crippen LogP contribution < -0.4 is 10.6 Å². The van der Waals surface area contributed by atoms with Crippen LogP contribution in [-0.4, -0.2) is 16.5 Å². The molecule has 6 heteroatoms. The molecule has 106 valence electrons. The number of rotatable bonds is 5. The average molecular weight is 400 g/mol. The summed E-state index contributed by atoms with van der Waals surface area (Å²) >= 11 is 7.06. The summed E-state index contributed by atoms with van der Waals surface area (Å²) < 4.78 is 1.96. The minimum atomic E-state index is 0.733. The maximum absolute atomic E-state index is 4.42. The van der Waals surface area contributed by atoms with Crippen molar-refractivity contribution in [2.24, 2.45) is 0 Å². The van der Waals surface area contributed by atoms with Crippen LogP contribution in [0.15, 0.2) is 33.2 Å². The highest BCUT2D eigenvalue weighted by molar-refractivity contribution is 9.11. The van der Waals surface area contributed by atoms with Gasteiger partial charge < -0.3 is 10.6 Å². The van der Waals surface area contributed by atoms with Crippen LogP contribution in [0, 0.1) is 6.92 Å². The second kappa shape index (κ2) is 7.04. The Bertz CT molecular complexity index is 581. The number of hydrogen-bond donors (Lipinski definition) is 2. The van der Waals surface area contributed by atoms with Crippen LogP contribution >= 0.6 is 31.9 Å².